The lowest BCUT2D eigenvalue weighted by Gasteiger charge is -2.48. The quantitative estimate of drug-likeness (QED) is 0.802. The van der Waals surface area contributed by atoms with Gasteiger partial charge < -0.3 is 20.4 Å². The van der Waals surface area contributed by atoms with Crippen LogP contribution in [0.3, 0.4) is 0 Å². The maximum Gasteiger partial charge on any atom is 0.317 e. The third kappa shape index (κ3) is 3.47. The first-order valence-corrected chi connectivity index (χ1v) is 10.7. The maximum atomic E-state index is 13.1. The van der Waals surface area contributed by atoms with Crippen molar-refractivity contribution in [1.82, 2.24) is 20.4 Å². The number of rotatable bonds is 2. The number of nitrogens with zero attached hydrogens (tertiary/aromatic N) is 2. The molecule has 1 saturated carbocycles. The lowest BCUT2D eigenvalue weighted by Crippen LogP contribution is -2.63. The second kappa shape index (κ2) is 7.69. The lowest BCUT2D eigenvalue weighted by atomic mass is 9.82. The molecule has 7 heteroatoms. The molecule has 0 radical (unpaired) electrons. The lowest BCUT2D eigenvalue weighted by molar-refractivity contribution is -0.148. The van der Waals surface area contributed by atoms with E-state index in [9.17, 15) is 14.4 Å². The molecule has 2 spiro atoms. The van der Waals surface area contributed by atoms with Crippen molar-refractivity contribution >= 4 is 17.8 Å². The summed E-state index contributed by atoms with van der Waals surface area (Å²) in [6, 6.07) is 9.67. The Balaban J connectivity index is 1.43. The highest BCUT2D eigenvalue weighted by molar-refractivity contribution is 5.95. The summed E-state index contributed by atoms with van der Waals surface area (Å²) in [5, 5.41) is 6.15. The van der Waals surface area contributed by atoms with E-state index in [1.165, 1.54) is 0 Å². The Hall–Kier alpha value is -2.57. The Labute approximate surface area is 171 Å². The molecule has 1 aromatic rings. The Bertz CT molecular complexity index is 781. The molecule has 2 saturated heterocycles. The van der Waals surface area contributed by atoms with Crippen molar-refractivity contribution in [3.8, 4) is 0 Å². The molecule has 0 unspecified atom stereocenters. The van der Waals surface area contributed by atoms with E-state index in [0.29, 0.717) is 32.5 Å². The minimum atomic E-state index is -0.820. The average Bonchev–Trinajstić information content (AvgIpc) is 2.95. The molecular formula is C22H30N4O3. The van der Waals surface area contributed by atoms with Gasteiger partial charge in [0.15, 0.2) is 0 Å². The molecule has 0 bridgehead atoms. The van der Waals surface area contributed by atoms with Crippen molar-refractivity contribution < 1.29 is 14.4 Å². The van der Waals surface area contributed by atoms with Crippen LogP contribution in [0.4, 0.5) is 4.79 Å². The predicted molar refractivity (Wildman–Crippen MR) is 109 cm³/mol. The molecule has 3 aliphatic rings. The van der Waals surface area contributed by atoms with E-state index >= 15 is 0 Å². The van der Waals surface area contributed by atoms with Gasteiger partial charge in [0.2, 0.25) is 11.8 Å². The first-order chi connectivity index (χ1) is 14.0. The molecule has 2 heterocycles. The summed E-state index contributed by atoms with van der Waals surface area (Å²) in [7, 11) is 0. The number of nitrogens with one attached hydrogen (secondary N) is 2. The van der Waals surface area contributed by atoms with Crippen LogP contribution in [0.15, 0.2) is 30.3 Å². The summed E-state index contributed by atoms with van der Waals surface area (Å²) < 4.78 is 0. The predicted octanol–water partition coefficient (Wildman–Crippen LogP) is 2.37. The second-order valence-electron chi connectivity index (χ2n) is 8.56. The zero-order valence-electron chi connectivity index (χ0n) is 17.1. The number of piperidine rings is 1. The zero-order chi connectivity index (χ0) is 20.5. The van der Waals surface area contributed by atoms with E-state index in [1.54, 1.807) is 11.8 Å². The molecule has 156 valence electrons. The highest BCUT2D eigenvalue weighted by atomic mass is 16.2. The Morgan fingerprint density at radius 1 is 1.03 bits per heavy atom. The van der Waals surface area contributed by atoms with E-state index in [0.717, 1.165) is 37.7 Å². The van der Waals surface area contributed by atoms with Gasteiger partial charge in [0.1, 0.15) is 11.2 Å². The molecule has 4 rings (SSSR count). The number of likely N-dealkylation sites (tertiary alicyclic amines) is 1. The van der Waals surface area contributed by atoms with Crippen LogP contribution >= 0.6 is 0 Å². The van der Waals surface area contributed by atoms with Gasteiger partial charge in [-0.15, -0.1) is 0 Å². The van der Waals surface area contributed by atoms with Crippen molar-refractivity contribution in [3.63, 3.8) is 0 Å². The number of amides is 4. The van der Waals surface area contributed by atoms with Gasteiger partial charge in [0.05, 0.1) is 0 Å². The third-order valence-electron chi connectivity index (χ3n) is 6.78. The molecule has 0 atom stereocenters. The summed E-state index contributed by atoms with van der Waals surface area (Å²) in [5.41, 5.74) is -0.301. The van der Waals surface area contributed by atoms with Crippen LogP contribution < -0.4 is 10.6 Å². The van der Waals surface area contributed by atoms with Crippen molar-refractivity contribution in [2.24, 2.45) is 0 Å². The SMILES string of the molecule is CC(=O)N1C2(CCCCC2)NC(=O)C12CCN(C(=O)NCc1ccccc1)CC2. The molecule has 2 N–H and O–H groups in total. The van der Waals surface area contributed by atoms with Gasteiger partial charge in [0.25, 0.3) is 0 Å². The normalized spacial score (nSPS) is 22.6. The maximum absolute atomic E-state index is 13.1. The van der Waals surface area contributed by atoms with E-state index in [2.05, 4.69) is 10.6 Å². The van der Waals surface area contributed by atoms with Gasteiger partial charge in [-0.3, -0.25) is 9.59 Å². The van der Waals surface area contributed by atoms with Gasteiger partial charge in [-0.25, -0.2) is 4.79 Å². The fourth-order valence-corrected chi connectivity index (χ4v) is 5.40. The smallest absolute Gasteiger partial charge is 0.317 e. The van der Waals surface area contributed by atoms with Crippen molar-refractivity contribution in [2.45, 2.75) is 69.6 Å². The van der Waals surface area contributed by atoms with Gasteiger partial charge in [0, 0.05) is 26.6 Å². The van der Waals surface area contributed by atoms with Crippen LogP contribution in [0.1, 0.15) is 57.4 Å². The van der Waals surface area contributed by atoms with Gasteiger partial charge in [-0.1, -0.05) is 36.8 Å². The van der Waals surface area contributed by atoms with Crippen LogP contribution in [0.5, 0.6) is 0 Å². The average molecular weight is 399 g/mol. The Morgan fingerprint density at radius 2 is 1.69 bits per heavy atom. The Morgan fingerprint density at radius 3 is 2.31 bits per heavy atom. The minimum Gasteiger partial charge on any atom is -0.334 e. The van der Waals surface area contributed by atoms with Gasteiger partial charge >= 0.3 is 6.03 Å². The third-order valence-corrected chi connectivity index (χ3v) is 6.78. The van der Waals surface area contributed by atoms with E-state index < -0.39 is 11.2 Å². The highest BCUT2D eigenvalue weighted by Crippen LogP contribution is 2.45. The molecule has 1 aliphatic carbocycles. The molecule has 2 aliphatic heterocycles. The summed E-state index contributed by atoms with van der Waals surface area (Å²) in [6.45, 7) is 2.98. The van der Waals surface area contributed by atoms with Crippen molar-refractivity contribution in [3.05, 3.63) is 35.9 Å². The molecule has 29 heavy (non-hydrogen) atoms. The number of carbonyl (C=O) groups excluding carboxylic acids is 3. The Kier molecular flexibility index (Phi) is 5.23. The van der Waals surface area contributed by atoms with Crippen LogP contribution in [0.2, 0.25) is 0 Å². The van der Waals surface area contributed by atoms with E-state index in [4.69, 9.17) is 0 Å². The van der Waals surface area contributed by atoms with Gasteiger partial charge in [-0.2, -0.15) is 0 Å². The van der Waals surface area contributed by atoms with E-state index in [-0.39, 0.29) is 17.8 Å². The van der Waals surface area contributed by atoms with Crippen LogP contribution in [0.25, 0.3) is 0 Å². The van der Waals surface area contributed by atoms with Crippen LogP contribution in [-0.4, -0.2) is 51.9 Å². The van der Waals surface area contributed by atoms with Crippen molar-refractivity contribution in [1.29, 1.82) is 0 Å². The summed E-state index contributed by atoms with van der Waals surface area (Å²) in [4.78, 5) is 42.0. The fraction of sp³-hybridized carbons (Fsp3) is 0.591. The molecule has 7 nitrogen and oxygen atoms in total. The topological polar surface area (TPSA) is 81.8 Å². The number of carbonyl (C=O) groups is 3. The standard InChI is InChI=1S/C22H30N4O3/c1-17(27)26-21(19(28)24-22(26)10-6-3-7-11-22)12-14-25(15-13-21)20(29)23-16-18-8-4-2-5-9-18/h2,4-5,8-9H,3,6-7,10-16H2,1H3,(H,23,29)(H,24,28). The van der Waals surface area contributed by atoms with Gasteiger partial charge in [-0.05, 0) is 44.1 Å². The number of urea groups is 1. The number of hydrogen-bond donors (Lipinski definition) is 2. The van der Waals surface area contributed by atoms with Crippen molar-refractivity contribution in [2.75, 3.05) is 13.1 Å². The summed E-state index contributed by atoms with van der Waals surface area (Å²) >= 11 is 0. The largest absolute Gasteiger partial charge is 0.334 e. The van der Waals surface area contributed by atoms with E-state index in [1.807, 2.05) is 35.2 Å². The zero-order valence-corrected chi connectivity index (χ0v) is 17.1. The second-order valence-corrected chi connectivity index (χ2v) is 8.56. The molecule has 3 fully saturated rings. The van der Waals surface area contributed by atoms with Crippen LogP contribution in [-0.2, 0) is 16.1 Å². The van der Waals surface area contributed by atoms with Crippen LogP contribution in [0, 0.1) is 0 Å². The number of hydrogen-bond acceptors (Lipinski definition) is 3. The molecule has 1 aromatic carbocycles. The molecular weight excluding hydrogens is 368 g/mol. The summed E-state index contributed by atoms with van der Waals surface area (Å²) in [5.74, 6) is -0.0915. The monoisotopic (exact) mass is 398 g/mol. The highest BCUT2D eigenvalue weighted by Gasteiger charge is 2.62. The minimum absolute atomic E-state index is 0.0426. The number of benzene rings is 1. The first-order valence-electron chi connectivity index (χ1n) is 10.7. The summed E-state index contributed by atoms with van der Waals surface area (Å²) in [6.07, 6.45) is 5.80. The fourth-order valence-electron chi connectivity index (χ4n) is 5.40. The molecule has 4 amide bonds. The molecule has 0 aromatic heterocycles. The first kappa shape index (κ1) is 19.7.